The van der Waals surface area contributed by atoms with E-state index in [4.69, 9.17) is 22.9 Å². The van der Waals surface area contributed by atoms with Crippen molar-refractivity contribution in [3.8, 4) is 0 Å². The van der Waals surface area contributed by atoms with Crippen molar-refractivity contribution in [2.24, 2.45) is 32.9 Å². The van der Waals surface area contributed by atoms with Gasteiger partial charge in [-0.1, -0.05) is 0 Å². The van der Waals surface area contributed by atoms with Crippen molar-refractivity contribution in [3.05, 3.63) is 0 Å². The Bertz CT molecular complexity index is 1990. The summed E-state index contributed by atoms with van der Waals surface area (Å²) in [5.41, 5.74) is 21.4. The Kier molecular flexibility index (Phi) is 28.8. The number of nitrogens with two attached hydrogens (primary N) is 4. The number of aliphatic hydroxyl groups excluding tert-OH is 2. The molecule has 0 aliphatic carbocycles. The number of thioether (sulfide) groups is 1. The molecule has 9 atom stereocenters. The fourth-order valence-corrected chi connectivity index (χ4v) is 7.71. The molecular formula is C38H68N15O17PS. The molecule has 1 rings (SSSR count). The van der Waals surface area contributed by atoms with Crippen LogP contribution in [-0.4, -0.2) is 207 Å². The highest BCUT2D eigenvalue weighted by Crippen LogP contribution is 2.38. The van der Waals surface area contributed by atoms with Gasteiger partial charge in [-0.3, -0.25) is 57.7 Å². The topological polar surface area (TPSA) is 526 Å². The lowest BCUT2D eigenvalue weighted by atomic mass is 10.1. The normalized spacial score (nSPS) is 16.5. The van der Waals surface area contributed by atoms with E-state index in [1.165, 1.54) is 18.7 Å². The number of carboxylic acid groups (broad SMARTS) is 1. The van der Waals surface area contributed by atoms with Crippen LogP contribution in [0.1, 0.15) is 58.8 Å². The zero-order valence-corrected chi connectivity index (χ0v) is 41.5. The number of nitrogens with zero attached hydrogens (tertiary/aromatic N) is 3. The fraction of sp³-hybridized carbons (Fsp3) is 0.684. The first-order valence-electron chi connectivity index (χ1n) is 22.2. The average molecular weight is 1070 g/mol. The van der Waals surface area contributed by atoms with Crippen molar-refractivity contribution in [1.82, 2.24) is 47.4 Å². The van der Waals surface area contributed by atoms with E-state index in [2.05, 4.69) is 57.0 Å². The molecular weight excluding hydrogens is 1000 g/mol. The van der Waals surface area contributed by atoms with E-state index in [9.17, 15) is 77.6 Å². The van der Waals surface area contributed by atoms with Crippen LogP contribution in [0.5, 0.6) is 0 Å². The molecule has 0 unspecified atom stereocenters. The van der Waals surface area contributed by atoms with Gasteiger partial charge in [0, 0.05) is 19.6 Å². The van der Waals surface area contributed by atoms with Crippen LogP contribution in [0, 0.1) is 0 Å². The molecule has 1 fully saturated rings. The largest absolute Gasteiger partial charge is 0.480 e. The average Bonchev–Trinajstić information content (AvgIpc) is 3.80. The Morgan fingerprint density at radius 1 is 0.750 bits per heavy atom. The van der Waals surface area contributed by atoms with E-state index in [-0.39, 0.29) is 82.9 Å². The minimum absolute atomic E-state index is 0.000535. The number of rotatable bonds is 34. The summed E-state index contributed by atoms with van der Waals surface area (Å²) in [6, 6.07) is -12.0. The molecule has 0 bridgehead atoms. The van der Waals surface area contributed by atoms with Gasteiger partial charge < -0.3 is 95.5 Å². The number of carbonyl (C=O) groups excluding carboxylic acids is 9. The van der Waals surface area contributed by atoms with Crippen LogP contribution < -0.4 is 65.5 Å². The predicted molar refractivity (Wildman–Crippen MR) is 255 cm³/mol. The summed E-state index contributed by atoms with van der Waals surface area (Å²) in [6.07, 6.45) is 0.462. The van der Waals surface area contributed by atoms with Crippen molar-refractivity contribution >= 4 is 91.1 Å². The summed E-state index contributed by atoms with van der Waals surface area (Å²) in [5, 5.41) is 47.5. The monoisotopic (exact) mass is 1070 g/mol. The zero-order valence-electron chi connectivity index (χ0n) is 39.8. The number of likely N-dealkylation sites (tertiary alicyclic amines) is 1. The Hall–Kier alpha value is -6.38. The first kappa shape index (κ1) is 63.6. The van der Waals surface area contributed by atoms with Crippen molar-refractivity contribution in [3.63, 3.8) is 0 Å². The van der Waals surface area contributed by atoms with Gasteiger partial charge >= 0.3 is 13.8 Å². The lowest BCUT2D eigenvalue weighted by Crippen LogP contribution is -2.61. The van der Waals surface area contributed by atoms with Gasteiger partial charge in [-0.05, 0) is 70.8 Å². The number of guanidine groups is 2. The highest BCUT2D eigenvalue weighted by Gasteiger charge is 2.41. The number of nitrogens with one attached hydrogen (secondary N) is 8. The first-order valence-corrected chi connectivity index (χ1v) is 25.1. The minimum Gasteiger partial charge on any atom is -0.480 e. The molecule has 1 saturated heterocycles. The number of amides is 9. The maximum Gasteiger partial charge on any atom is 0.469 e. The van der Waals surface area contributed by atoms with Gasteiger partial charge in [0.25, 0.3) is 0 Å². The number of aliphatic imine (C=N–C) groups is 2. The standard InChI is InChI=1S/C38H68N15O17PS/c1-19(29(58)48-22(8-5-12-44-38(41)42)31(60)50-23(36(65)66)10-14-72-3)47-33(62)26-9-6-13-53(26)35(64)25(17-55)51-34(63)28(20(2)70-71(67,68)69)52-27(57)15-45-30(59)21(7-4-11-43-37(39)40)49-32(61)24(16-54)46-18-56/h18-26,28,54-55H,4-17H2,1-3H3,(H,45,59)(H,46,56)(H,47,62)(H,48,58)(H,49,61)(H,50,60)(H,51,63)(H,52,57)(H,65,66)(H4,39,40,43)(H4,41,42,44)(H2,67,68,69)/t19-,20+,21-,22-,23-,24-,25-,26-,28-/m0/s1. The number of phosphoric acid groups is 1. The molecule has 9 amide bonds. The summed E-state index contributed by atoms with van der Waals surface area (Å²) >= 11 is 1.36. The van der Waals surface area contributed by atoms with E-state index >= 15 is 0 Å². The fourth-order valence-electron chi connectivity index (χ4n) is 6.69. The number of hydrogen-bond donors (Lipinski definition) is 17. The van der Waals surface area contributed by atoms with Gasteiger partial charge in [0.1, 0.15) is 48.3 Å². The first-order chi connectivity index (χ1) is 33.8. The zero-order chi connectivity index (χ0) is 54.7. The number of aliphatic carboxylic acids is 1. The molecule has 32 nitrogen and oxygen atoms in total. The molecule has 408 valence electrons. The third-order valence-corrected chi connectivity index (χ3v) is 11.6. The molecule has 0 radical (unpaired) electrons. The summed E-state index contributed by atoms with van der Waals surface area (Å²) in [6.45, 7) is -0.696. The third kappa shape index (κ3) is 23.7. The quantitative estimate of drug-likeness (QED) is 0.00935. The lowest BCUT2D eigenvalue weighted by Gasteiger charge is -2.30. The van der Waals surface area contributed by atoms with Gasteiger partial charge in [0.2, 0.25) is 53.7 Å². The molecule has 1 aliphatic heterocycles. The summed E-state index contributed by atoms with van der Waals surface area (Å²) in [4.78, 5) is 157. The van der Waals surface area contributed by atoms with Gasteiger partial charge in [-0.25, -0.2) is 9.36 Å². The van der Waals surface area contributed by atoms with Crippen molar-refractivity contribution in [1.29, 1.82) is 0 Å². The number of carbonyl (C=O) groups is 10. The molecule has 0 aromatic heterocycles. The lowest BCUT2D eigenvalue weighted by molar-refractivity contribution is -0.143. The summed E-state index contributed by atoms with van der Waals surface area (Å²) in [7, 11) is -5.37. The predicted octanol–water partition coefficient (Wildman–Crippen LogP) is -8.44. The van der Waals surface area contributed by atoms with Crippen LogP contribution in [0.15, 0.2) is 9.98 Å². The maximum atomic E-state index is 13.8. The SMILES string of the molecule is CSCC[C@H](NC(=O)[C@H](CCCN=C(N)N)NC(=O)[C@H](C)NC(=O)[C@@H]1CCCN1C(=O)[C@H](CO)NC(=O)[C@@H](NC(=O)CNC(=O)[C@H](CCCN=C(N)N)NC(=O)[C@H](CO)NC=O)[C@@H](C)OP(=O)(O)O)C(=O)O. The molecule has 72 heavy (non-hydrogen) atoms. The van der Waals surface area contributed by atoms with Crippen LogP contribution in [0.4, 0.5) is 0 Å². The smallest absolute Gasteiger partial charge is 0.469 e. The third-order valence-electron chi connectivity index (χ3n) is 10.3. The molecule has 0 aromatic rings. The summed E-state index contributed by atoms with van der Waals surface area (Å²) < 4.78 is 16.4. The second kappa shape index (κ2) is 32.6. The van der Waals surface area contributed by atoms with E-state index in [0.717, 1.165) is 11.8 Å². The minimum atomic E-state index is -5.37. The van der Waals surface area contributed by atoms with Gasteiger partial charge in [-0.15, -0.1) is 0 Å². The molecule has 0 aromatic carbocycles. The Morgan fingerprint density at radius 2 is 1.28 bits per heavy atom. The summed E-state index contributed by atoms with van der Waals surface area (Å²) in [5.74, 6) is -9.48. The van der Waals surface area contributed by atoms with Gasteiger partial charge in [0.05, 0.1) is 25.9 Å². The maximum absolute atomic E-state index is 13.8. The number of phosphoric ester groups is 1. The van der Waals surface area contributed by atoms with Crippen LogP contribution in [0.25, 0.3) is 0 Å². The molecule has 34 heteroatoms. The second-order valence-corrected chi connectivity index (χ2v) is 18.1. The van der Waals surface area contributed by atoms with Gasteiger partial charge in [-0.2, -0.15) is 11.8 Å². The second-order valence-electron chi connectivity index (χ2n) is 15.9. The molecule has 1 aliphatic rings. The van der Waals surface area contributed by atoms with Crippen molar-refractivity contribution < 1.29 is 82.1 Å². The van der Waals surface area contributed by atoms with Crippen molar-refractivity contribution in [2.45, 2.75) is 113 Å². The highest BCUT2D eigenvalue weighted by molar-refractivity contribution is 7.98. The van der Waals surface area contributed by atoms with Crippen LogP contribution in [-0.2, 0) is 57.0 Å². The molecule has 0 saturated carbocycles. The van der Waals surface area contributed by atoms with Gasteiger partial charge in [0.15, 0.2) is 11.9 Å². The Morgan fingerprint density at radius 3 is 1.79 bits per heavy atom. The number of carboxylic acids is 1. The molecule has 0 spiro atoms. The van der Waals surface area contributed by atoms with Crippen LogP contribution >= 0.6 is 19.6 Å². The Balaban J connectivity index is 3.21. The van der Waals surface area contributed by atoms with E-state index in [0.29, 0.717) is 5.75 Å². The van der Waals surface area contributed by atoms with E-state index in [1.807, 2.05) is 0 Å². The molecule has 21 N–H and O–H groups in total. The number of hydrogen-bond acceptors (Lipinski definition) is 17. The Labute approximate surface area is 417 Å². The number of aliphatic hydroxyl groups is 2. The van der Waals surface area contributed by atoms with E-state index in [1.54, 1.807) is 6.26 Å². The van der Waals surface area contributed by atoms with Crippen LogP contribution in [0.3, 0.4) is 0 Å². The van der Waals surface area contributed by atoms with Crippen molar-refractivity contribution in [2.75, 3.05) is 51.4 Å². The van der Waals surface area contributed by atoms with E-state index < -0.39 is 135 Å². The van der Waals surface area contributed by atoms with Crippen LogP contribution in [0.2, 0.25) is 0 Å². The highest BCUT2D eigenvalue weighted by atomic mass is 32.2. The molecule has 1 heterocycles.